The van der Waals surface area contributed by atoms with Crippen LogP contribution in [0.3, 0.4) is 0 Å². The van der Waals surface area contributed by atoms with Gasteiger partial charge < -0.3 is 10.4 Å². The molecule has 0 aliphatic carbocycles. The van der Waals surface area contributed by atoms with Crippen LogP contribution >= 0.6 is 0 Å². The van der Waals surface area contributed by atoms with Crippen LogP contribution < -0.4 is 5.32 Å². The summed E-state index contributed by atoms with van der Waals surface area (Å²) in [5, 5.41) is 12.7. The van der Waals surface area contributed by atoms with Gasteiger partial charge in [0.15, 0.2) is 0 Å². The summed E-state index contributed by atoms with van der Waals surface area (Å²) in [6.07, 6.45) is 7.60. The van der Waals surface area contributed by atoms with Gasteiger partial charge in [0.05, 0.1) is 6.10 Å². The van der Waals surface area contributed by atoms with Crippen LogP contribution in [0.25, 0.3) is 0 Å². The van der Waals surface area contributed by atoms with Crippen molar-refractivity contribution in [1.82, 2.24) is 5.32 Å². The van der Waals surface area contributed by atoms with Crippen molar-refractivity contribution in [3.8, 4) is 12.3 Å². The van der Waals surface area contributed by atoms with Gasteiger partial charge in [-0.3, -0.25) is 0 Å². The smallest absolute Gasteiger partial charge is 0.0592 e. The van der Waals surface area contributed by atoms with Gasteiger partial charge in [0.1, 0.15) is 0 Å². The Hall–Kier alpha value is -0.520. The van der Waals surface area contributed by atoms with Crippen LogP contribution in [0.1, 0.15) is 19.3 Å². The number of rotatable bonds is 2. The van der Waals surface area contributed by atoms with Gasteiger partial charge in [0.25, 0.3) is 0 Å². The maximum absolute atomic E-state index is 9.49. The maximum atomic E-state index is 9.49. The van der Waals surface area contributed by atoms with Crippen LogP contribution in [-0.4, -0.2) is 24.3 Å². The van der Waals surface area contributed by atoms with E-state index >= 15 is 0 Å². The number of hydrogen-bond acceptors (Lipinski definition) is 2. The second-order valence-corrected chi connectivity index (χ2v) is 3.06. The van der Waals surface area contributed by atoms with Crippen molar-refractivity contribution in [2.24, 2.45) is 5.92 Å². The number of aliphatic hydroxyl groups excluding tert-OH is 1. The lowest BCUT2D eigenvalue weighted by atomic mass is 9.92. The molecule has 1 aliphatic rings. The first-order chi connectivity index (χ1) is 5.34. The highest BCUT2D eigenvalue weighted by molar-refractivity contribution is 4.87. The van der Waals surface area contributed by atoms with Gasteiger partial charge in [-0.1, -0.05) is 0 Å². The predicted octanol–water partition coefficient (Wildman–Crippen LogP) is 0.370. The molecule has 62 valence electrons. The summed E-state index contributed by atoms with van der Waals surface area (Å²) in [4.78, 5) is 0. The number of nitrogens with one attached hydrogen (secondary N) is 1. The molecule has 0 aromatic carbocycles. The molecule has 0 saturated carbocycles. The van der Waals surface area contributed by atoms with Gasteiger partial charge in [-0.2, -0.15) is 0 Å². The lowest BCUT2D eigenvalue weighted by Crippen LogP contribution is -2.39. The minimum Gasteiger partial charge on any atom is -0.393 e. The normalized spacial score (nSPS) is 31.3. The summed E-state index contributed by atoms with van der Waals surface area (Å²) in [5.41, 5.74) is 0. The molecule has 1 aliphatic heterocycles. The highest BCUT2D eigenvalue weighted by Crippen LogP contribution is 2.15. The van der Waals surface area contributed by atoms with Crippen molar-refractivity contribution in [3.05, 3.63) is 0 Å². The van der Waals surface area contributed by atoms with E-state index in [9.17, 15) is 5.11 Å². The van der Waals surface area contributed by atoms with E-state index in [0.29, 0.717) is 5.92 Å². The number of piperidine rings is 1. The standard InChI is InChI=1S/C9H15NO/c1-2-3-4-8-7-10-6-5-9(8)11/h1,8-11H,3-7H2. The SMILES string of the molecule is C#CCCC1CNCCC1O. The molecular weight excluding hydrogens is 138 g/mol. The van der Waals surface area contributed by atoms with Gasteiger partial charge >= 0.3 is 0 Å². The van der Waals surface area contributed by atoms with Gasteiger partial charge in [-0.15, -0.1) is 12.3 Å². The molecule has 1 rings (SSSR count). The molecule has 11 heavy (non-hydrogen) atoms. The van der Waals surface area contributed by atoms with Crippen molar-refractivity contribution in [2.75, 3.05) is 13.1 Å². The van der Waals surface area contributed by atoms with E-state index in [0.717, 1.165) is 32.4 Å². The summed E-state index contributed by atoms with van der Waals surface area (Å²) in [6.45, 7) is 1.86. The zero-order valence-corrected chi connectivity index (χ0v) is 6.71. The predicted molar refractivity (Wildman–Crippen MR) is 45.1 cm³/mol. The van der Waals surface area contributed by atoms with Crippen molar-refractivity contribution in [3.63, 3.8) is 0 Å². The van der Waals surface area contributed by atoms with E-state index in [-0.39, 0.29) is 6.10 Å². The van der Waals surface area contributed by atoms with E-state index in [1.165, 1.54) is 0 Å². The Labute approximate surface area is 68.0 Å². The molecular formula is C9H15NO. The van der Waals surface area contributed by atoms with Gasteiger partial charge in [0, 0.05) is 13.0 Å². The molecule has 2 N–H and O–H groups in total. The average molecular weight is 153 g/mol. The minimum atomic E-state index is -0.135. The van der Waals surface area contributed by atoms with Crippen molar-refractivity contribution >= 4 is 0 Å². The molecule has 1 saturated heterocycles. The zero-order valence-electron chi connectivity index (χ0n) is 6.71. The minimum absolute atomic E-state index is 0.135. The van der Waals surface area contributed by atoms with Crippen molar-refractivity contribution in [1.29, 1.82) is 0 Å². The fourth-order valence-electron chi connectivity index (χ4n) is 1.47. The maximum Gasteiger partial charge on any atom is 0.0592 e. The fourth-order valence-corrected chi connectivity index (χ4v) is 1.47. The fraction of sp³-hybridized carbons (Fsp3) is 0.778. The number of hydrogen-bond donors (Lipinski definition) is 2. The topological polar surface area (TPSA) is 32.3 Å². The second-order valence-electron chi connectivity index (χ2n) is 3.06. The Morgan fingerprint density at radius 3 is 3.09 bits per heavy atom. The first-order valence-electron chi connectivity index (χ1n) is 4.17. The summed E-state index contributed by atoms with van der Waals surface area (Å²) in [6, 6.07) is 0. The van der Waals surface area contributed by atoms with Gasteiger partial charge in [-0.25, -0.2) is 0 Å². The Morgan fingerprint density at radius 1 is 1.64 bits per heavy atom. The molecule has 2 nitrogen and oxygen atoms in total. The monoisotopic (exact) mass is 153 g/mol. The largest absolute Gasteiger partial charge is 0.393 e. The number of aliphatic hydroxyl groups is 1. The third-order valence-electron chi connectivity index (χ3n) is 2.23. The summed E-state index contributed by atoms with van der Waals surface area (Å²) >= 11 is 0. The first-order valence-corrected chi connectivity index (χ1v) is 4.17. The third kappa shape index (κ3) is 2.53. The highest BCUT2D eigenvalue weighted by atomic mass is 16.3. The second kappa shape index (κ2) is 4.38. The van der Waals surface area contributed by atoms with E-state index in [2.05, 4.69) is 11.2 Å². The van der Waals surface area contributed by atoms with Gasteiger partial charge in [0.2, 0.25) is 0 Å². The molecule has 1 fully saturated rings. The van der Waals surface area contributed by atoms with Crippen molar-refractivity contribution < 1.29 is 5.11 Å². The van der Waals surface area contributed by atoms with E-state index < -0.39 is 0 Å². The molecule has 2 heteroatoms. The Bertz CT molecular complexity index is 150. The molecule has 2 unspecified atom stereocenters. The lowest BCUT2D eigenvalue weighted by molar-refractivity contribution is 0.0754. The Kier molecular flexibility index (Phi) is 3.41. The van der Waals surface area contributed by atoms with Crippen molar-refractivity contribution in [2.45, 2.75) is 25.4 Å². The molecule has 0 bridgehead atoms. The average Bonchev–Trinajstić information content (AvgIpc) is 2.03. The Morgan fingerprint density at radius 2 is 2.45 bits per heavy atom. The van der Waals surface area contributed by atoms with Crippen LogP contribution in [0.15, 0.2) is 0 Å². The van der Waals surface area contributed by atoms with Crippen LogP contribution in [0.5, 0.6) is 0 Å². The lowest BCUT2D eigenvalue weighted by Gasteiger charge is -2.27. The molecule has 0 amide bonds. The van der Waals surface area contributed by atoms with E-state index in [1.807, 2.05) is 0 Å². The highest BCUT2D eigenvalue weighted by Gasteiger charge is 2.21. The molecule has 0 radical (unpaired) electrons. The molecule has 2 atom stereocenters. The summed E-state index contributed by atoms with van der Waals surface area (Å²) in [7, 11) is 0. The molecule has 0 aromatic heterocycles. The molecule has 0 aromatic rings. The zero-order chi connectivity index (χ0) is 8.10. The Balaban J connectivity index is 2.25. The summed E-state index contributed by atoms with van der Waals surface area (Å²) in [5.74, 6) is 2.97. The summed E-state index contributed by atoms with van der Waals surface area (Å²) < 4.78 is 0. The molecule has 1 heterocycles. The first kappa shape index (κ1) is 8.58. The molecule has 0 spiro atoms. The van der Waals surface area contributed by atoms with Gasteiger partial charge in [-0.05, 0) is 25.3 Å². The number of terminal acetylenes is 1. The van der Waals surface area contributed by atoms with Crippen LogP contribution in [0.2, 0.25) is 0 Å². The van der Waals surface area contributed by atoms with Crippen LogP contribution in [-0.2, 0) is 0 Å². The van der Waals surface area contributed by atoms with Crippen LogP contribution in [0, 0.1) is 18.3 Å². The van der Waals surface area contributed by atoms with E-state index in [1.54, 1.807) is 0 Å². The van der Waals surface area contributed by atoms with Crippen LogP contribution in [0.4, 0.5) is 0 Å². The quantitative estimate of drug-likeness (QED) is 0.562. The van der Waals surface area contributed by atoms with E-state index in [4.69, 9.17) is 6.42 Å². The third-order valence-corrected chi connectivity index (χ3v) is 2.23.